The third-order valence-corrected chi connectivity index (χ3v) is 1.03. The number of nitrogens with zero attached hydrogens (tertiary/aromatic N) is 3. The number of rotatable bonds is 0. The van der Waals surface area contributed by atoms with Gasteiger partial charge in [0.15, 0.2) is 0 Å². The number of hydrogen-bond donors (Lipinski definition) is 2. The zero-order chi connectivity index (χ0) is 7.40. The first-order valence-corrected chi connectivity index (χ1v) is 2.75. The lowest BCUT2D eigenvalue weighted by molar-refractivity contribution is 0.229. The van der Waals surface area contributed by atoms with Crippen LogP contribution in [0.5, 0.6) is 0 Å². The molecule has 0 fully saturated rings. The summed E-state index contributed by atoms with van der Waals surface area (Å²) < 4.78 is 1.42. The van der Waals surface area contributed by atoms with E-state index in [4.69, 9.17) is 5.21 Å². The first kappa shape index (κ1) is 6.76. The summed E-state index contributed by atoms with van der Waals surface area (Å²) in [6.07, 6.45) is 3.27. The molecular formula is C5H8N4O. The van der Waals surface area contributed by atoms with E-state index < -0.39 is 0 Å². The van der Waals surface area contributed by atoms with Gasteiger partial charge in [0.2, 0.25) is 5.96 Å². The minimum Gasteiger partial charge on any atom is -0.288 e. The van der Waals surface area contributed by atoms with Gasteiger partial charge < -0.3 is 0 Å². The highest BCUT2D eigenvalue weighted by Gasteiger charge is 1.95. The van der Waals surface area contributed by atoms with Gasteiger partial charge in [-0.25, -0.2) is 10.2 Å². The Morgan fingerprint density at radius 3 is 3.00 bits per heavy atom. The predicted molar refractivity (Wildman–Crippen MR) is 35.9 cm³/mol. The number of aromatic nitrogens is 2. The summed E-state index contributed by atoms with van der Waals surface area (Å²) in [6.45, 7) is 0. The summed E-state index contributed by atoms with van der Waals surface area (Å²) >= 11 is 0. The highest BCUT2D eigenvalue weighted by molar-refractivity contribution is 5.79. The number of nitrogens with one attached hydrogen (secondary N) is 1. The van der Waals surface area contributed by atoms with Crippen molar-refractivity contribution in [1.82, 2.24) is 15.3 Å². The third kappa shape index (κ3) is 1.14. The molecule has 0 bridgehead atoms. The van der Waals surface area contributed by atoms with Crippen LogP contribution in [0.2, 0.25) is 0 Å². The van der Waals surface area contributed by atoms with E-state index in [1.807, 2.05) is 5.48 Å². The molecule has 0 aliphatic carbocycles. The fourth-order valence-electron chi connectivity index (χ4n) is 0.598. The maximum atomic E-state index is 8.46. The molecule has 0 amide bonds. The van der Waals surface area contributed by atoms with Crippen LogP contribution in [0.25, 0.3) is 0 Å². The SMILES string of the molecule is CN=C(NO)n1cccn1. The van der Waals surface area contributed by atoms with Gasteiger partial charge in [0.1, 0.15) is 0 Å². The van der Waals surface area contributed by atoms with Crippen LogP contribution >= 0.6 is 0 Å². The molecule has 5 nitrogen and oxygen atoms in total. The van der Waals surface area contributed by atoms with Crippen LogP contribution in [0.4, 0.5) is 0 Å². The third-order valence-electron chi connectivity index (χ3n) is 1.03. The van der Waals surface area contributed by atoms with E-state index >= 15 is 0 Å². The van der Waals surface area contributed by atoms with Crippen LogP contribution in [-0.2, 0) is 0 Å². The first-order valence-electron chi connectivity index (χ1n) is 2.75. The fraction of sp³-hybridized carbons (Fsp3) is 0.200. The number of hydrogen-bond acceptors (Lipinski definition) is 3. The molecule has 1 heterocycles. The summed E-state index contributed by atoms with van der Waals surface area (Å²) in [5, 5.41) is 12.3. The predicted octanol–water partition coefficient (Wildman–Crippen LogP) is -0.304. The Hall–Kier alpha value is -1.36. The standard InChI is InChI=1S/C5H8N4O/c1-6-5(8-10)9-4-2-3-7-9/h2-4,10H,1H3,(H,6,8). The van der Waals surface area contributed by atoms with Gasteiger partial charge in [-0.1, -0.05) is 0 Å². The quantitative estimate of drug-likeness (QED) is 0.295. The van der Waals surface area contributed by atoms with Crippen LogP contribution in [0.3, 0.4) is 0 Å². The zero-order valence-electron chi connectivity index (χ0n) is 5.52. The molecule has 0 radical (unpaired) electrons. The van der Waals surface area contributed by atoms with Gasteiger partial charge in [-0.2, -0.15) is 5.10 Å². The Kier molecular flexibility index (Phi) is 2.01. The summed E-state index contributed by atoms with van der Waals surface area (Å²) in [7, 11) is 1.56. The van der Waals surface area contributed by atoms with Crippen molar-refractivity contribution in [2.45, 2.75) is 0 Å². The van der Waals surface area contributed by atoms with Crippen molar-refractivity contribution in [3.05, 3.63) is 18.5 Å². The highest BCUT2D eigenvalue weighted by atomic mass is 16.5. The van der Waals surface area contributed by atoms with Crippen LogP contribution < -0.4 is 5.48 Å². The molecule has 2 N–H and O–H groups in total. The Morgan fingerprint density at radius 1 is 1.80 bits per heavy atom. The molecule has 0 aliphatic heterocycles. The van der Waals surface area contributed by atoms with Crippen molar-refractivity contribution in [2.24, 2.45) is 4.99 Å². The molecule has 0 atom stereocenters. The minimum absolute atomic E-state index is 0.296. The van der Waals surface area contributed by atoms with E-state index in [9.17, 15) is 0 Å². The number of aliphatic imine (C=N–C) groups is 1. The summed E-state index contributed by atoms with van der Waals surface area (Å²) in [5.74, 6) is 0.296. The van der Waals surface area contributed by atoms with Crippen molar-refractivity contribution >= 4 is 5.96 Å². The van der Waals surface area contributed by atoms with E-state index in [0.29, 0.717) is 5.96 Å². The average Bonchev–Trinajstić information content (AvgIpc) is 2.43. The smallest absolute Gasteiger partial charge is 0.243 e. The number of hydroxylamine groups is 1. The van der Waals surface area contributed by atoms with Crippen molar-refractivity contribution in [3.8, 4) is 0 Å². The van der Waals surface area contributed by atoms with Crippen molar-refractivity contribution in [3.63, 3.8) is 0 Å². The maximum absolute atomic E-state index is 8.46. The molecule has 54 valence electrons. The molecule has 5 heteroatoms. The molecule has 1 aromatic heterocycles. The molecule has 0 saturated heterocycles. The molecule has 10 heavy (non-hydrogen) atoms. The van der Waals surface area contributed by atoms with Gasteiger partial charge in [0, 0.05) is 19.4 Å². The molecule has 0 unspecified atom stereocenters. The summed E-state index contributed by atoms with van der Waals surface area (Å²) in [5.41, 5.74) is 1.90. The summed E-state index contributed by atoms with van der Waals surface area (Å²) in [4.78, 5) is 3.70. The molecule has 1 rings (SSSR count). The van der Waals surface area contributed by atoms with Gasteiger partial charge >= 0.3 is 0 Å². The van der Waals surface area contributed by atoms with Crippen LogP contribution in [0.1, 0.15) is 0 Å². The monoisotopic (exact) mass is 140 g/mol. The Balaban J connectivity index is 2.85. The maximum Gasteiger partial charge on any atom is 0.243 e. The van der Waals surface area contributed by atoms with E-state index in [0.717, 1.165) is 0 Å². The van der Waals surface area contributed by atoms with E-state index in [-0.39, 0.29) is 0 Å². The molecule has 0 aliphatic rings. The first-order chi connectivity index (χ1) is 4.88. The van der Waals surface area contributed by atoms with Gasteiger partial charge in [0.25, 0.3) is 0 Å². The van der Waals surface area contributed by atoms with Crippen LogP contribution in [0.15, 0.2) is 23.5 Å². The van der Waals surface area contributed by atoms with Gasteiger partial charge in [-0.15, -0.1) is 0 Å². The second kappa shape index (κ2) is 2.98. The Bertz CT molecular complexity index is 216. The molecule has 0 aromatic carbocycles. The lowest BCUT2D eigenvalue weighted by atomic mass is 10.7. The van der Waals surface area contributed by atoms with Crippen molar-refractivity contribution < 1.29 is 5.21 Å². The van der Waals surface area contributed by atoms with Crippen LogP contribution in [0, 0.1) is 0 Å². The van der Waals surface area contributed by atoms with Crippen molar-refractivity contribution in [1.29, 1.82) is 0 Å². The summed E-state index contributed by atoms with van der Waals surface area (Å²) in [6, 6.07) is 1.74. The van der Waals surface area contributed by atoms with Crippen molar-refractivity contribution in [2.75, 3.05) is 7.05 Å². The van der Waals surface area contributed by atoms with Gasteiger partial charge in [0.05, 0.1) is 0 Å². The topological polar surface area (TPSA) is 62.4 Å². The average molecular weight is 140 g/mol. The lowest BCUT2D eigenvalue weighted by Gasteiger charge is -2.00. The molecule has 0 saturated carbocycles. The largest absolute Gasteiger partial charge is 0.288 e. The Morgan fingerprint density at radius 2 is 2.60 bits per heavy atom. The second-order valence-electron chi connectivity index (χ2n) is 1.61. The lowest BCUT2D eigenvalue weighted by Crippen LogP contribution is -2.27. The minimum atomic E-state index is 0.296. The highest BCUT2D eigenvalue weighted by Crippen LogP contribution is 1.81. The zero-order valence-corrected chi connectivity index (χ0v) is 5.52. The molecular weight excluding hydrogens is 132 g/mol. The normalized spacial score (nSPS) is 11.6. The van der Waals surface area contributed by atoms with Crippen LogP contribution in [-0.4, -0.2) is 28.0 Å². The van der Waals surface area contributed by atoms with Gasteiger partial charge in [-0.3, -0.25) is 10.2 Å². The van der Waals surface area contributed by atoms with E-state index in [1.165, 1.54) is 4.68 Å². The van der Waals surface area contributed by atoms with E-state index in [2.05, 4.69) is 10.1 Å². The fourth-order valence-corrected chi connectivity index (χ4v) is 0.598. The molecule has 0 spiro atoms. The van der Waals surface area contributed by atoms with Gasteiger partial charge in [-0.05, 0) is 6.07 Å². The second-order valence-corrected chi connectivity index (χ2v) is 1.61. The Labute approximate surface area is 58.0 Å². The molecule has 1 aromatic rings. The van der Waals surface area contributed by atoms with E-state index in [1.54, 1.807) is 25.5 Å².